The van der Waals surface area contributed by atoms with Crippen LogP contribution in [0, 0.1) is 10.1 Å². The fourth-order valence-electron chi connectivity index (χ4n) is 3.06. The van der Waals surface area contributed by atoms with Gasteiger partial charge in [-0.2, -0.15) is 5.10 Å². The predicted octanol–water partition coefficient (Wildman–Crippen LogP) is 4.05. The van der Waals surface area contributed by atoms with E-state index in [4.69, 9.17) is 4.74 Å². The minimum atomic E-state index is -0.618. The number of anilines is 2. The first-order valence-corrected chi connectivity index (χ1v) is 8.59. The van der Waals surface area contributed by atoms with Crippen molar-refractivity contribution in [2.24, 2.45) is 0 Å². The van der Waals surface area contributed by atoms with Crippen molar-refractivity contribution in [2.45, 2.75) is 52.3 Å². The zero-order valence-corrected chi connectivity index (χ0v) is 16.0. The number of fused-ring (bicyclic) bond motifs is 1. The number of nitro benzene ring substituents is 1. The monoisotopic (exact) mass is 373 g/mol. The molecular weight excluding hydrogens is 350 g/mol. The van der Waals surface area contributed by atoms with Gasteiger partial charge in [0.25, 0.3) is 5.69 Å². The fourth-order valence-corrected chi connectivity index (χ4v) is 3.06. The largest absolute Gasteiger partial charge is 0.444 e. The Balaban J connectivity index is 1.86. The zero-order chi connectivity index (χ0) is 20.0. The Morgan fingerprint density at radius 2 is 2.11 bits per heavy atom. The molecule has 0 saturated carbocycles. The van der Waals surface area contributed by atoms with Gasteiger partial charge in [0.05, 0.1) is 22.7 Å². The van der Waals surface area contributed by atoms with Crippen LogP contribution in [0.1, 0.15) is 45.9 Å². The molecule has 2 heterocycles. The van der Waals surface area contributed by atoms with Crippen molar-refractivity contribution in [3.8, 4) is 0 Å². The molecule has 0 aliphatic carbocycles. The molecule has 1 aliphatic rings. The Labute approximate surface area is 156 Å². The number of benzene rings is 1. The summed E-state index contributed by atoms with van der Waals surface area (Å²) in [6, 6.07) is 6.18. The molecule has 2 aromatic rings. The summed E-state index contributed by atoms with van der Waals surface area (Å²) in [5.41, 5.74) is 0.965. The number of carbonyl (C=O) groups is 1. The van der Waals surface area contributed by atoms with E-state index in [2.05, 4.69) is 15.5 Å². The van der Waals surface area contributed by atoms with Gasteiger partial charge in [-0.1, -0.05) is 6.07 Å². The van der Waals surface area contributed by atoms with Crippen LogP contribution in [0.3, 0.4) is 0 Å². The summed E-state index contributed by atoms with van der Waals surface area (Å²) in [5.74, 6) is 0.532. The maximum Gasteiger partial charge on any atom is 0.411 e. The van der Waals surface area contributed by atoms with Gasteiger partial charge in [0.1, 0.15) is 5.60 Å². The van der Waals surface area contributed by atoms with Gasteiger partial charge in [0.15, 0.2) is 5.82 Å². The zero-order valence-electron chi connectivity index (χ0n) is 16.0. The van der Waals surface area contributed by atoms with Gasteiger partial charge in [-0.3, -0.25) is 20.1 Å². The van der Waals surface area contributed by atoms with Gasteiger partial charge in [-0.05, 0) is 40.7 Å². The van der Waals surface area contributed by atoms with Crippen molar-refractivity contribution < 1.29 is 14.5 Å². The SMILES string of the molecule is CC(C)(C)OC(=O)N1Cc2c(Nc3cccc([N+](=O)[O-])c3)n[nH]c2C1(C)C. The van der Waals surface area contributed by atoms with Crippen LogP contribution in [-0.4, -0.2) is 31.7 Å². The summed E-state index contributed by atoms with van der Waals surface area (Å²) in [7, 11) is 0. The van der Waals surface area contributed by atoms with Gasteiger partial charge in [0.2, 0.25) is 0 Å². The fraction of sp³-hybridized carbons (Fsp3) is 0.444. The molecule has 1 amide bonds. The third-order valence-corrected chi connectivity index (χ3v) is 4.40. The van der Waals surface area contributed by atoms with Crippen LogP contribution in [-0.2, 0) is 16.8 Å². The number of non-ortho nitro benzene ring substituents is 1. The van der Waals surface area contributed by atoms with E-state index in [0.717, 1.165) is 11.3 Å². The summed E-state index contributed by atoms with van der Waals surface area (Å²) in [5, 5.41) is 21.3. The second-order valence-electron chi connectivity index (χ2n) is 7.98. The first-order chi connectivity index (χ1) is 12.5. The maximum atomic E-state index is 12.6. The molecule has 0 atom stereocenters. The third kappa shape index (κ3) is 3.57. The quantitative estimate of drug-likeness (QED) is 0.620. The number of amides is 1. The van der Waals surface area contributed by atoms with E-state index < -0.39 is 22.2 Å². The number of rotatable bonds is 3. The molecule has 9 heteroatoms. The molecule has 1 aliphatic heterocycles. The minimum absolute atomic E-state index is 0.0112. The number of aromatic amines is 1. The van der Waals surface area contributed by atoms with Crippen LogP contribution >= 0.6 is 0 Å². The van der Waals surface area contributed by atoms with E-state index in [1.165, 1.54) is 12.1 Å². The number of hydrogen-bond acceptors (Lipinski definition) is 6. The van der Waals surface area contributed by atoms with Crippen molar-refractivity contribution in [3.05, 3.63) is 45.6 Å². The van der Waals surface area contributed by atoms with E-state index in [1.54, 1.807) is 17.0 Å². The standard InChI is InChI=1S/C18H23N5O4/c1-17(2,3)27-16(24)22-10-13-14(18(22,4)5)20-21-15(13)19-11-7-6-8-12(9-11)23(25)26/h6-9H,10H2,1-5H3,(H2,19,20,21). The summed E-state index contributed by atoms with van der Waals surface area (Å²) in [4.78, 5) is 24.8. The number of ether oxygens (including phenoxy) is 1. The number of hydrogen-bond donors (Lipinski definition) is 2. The Morgan fingerprint density at radius 3 is 2.74 bits per heavy atom. The van der Waals surface area contributed by atoms with Gasteiger partial charge in [0, 0.05) is 23.4 Å². The smallest absolute Gasteiger partial charge is 0.411 e. The van der Waals surface area contributed by atoms with Crippen molar-refractivity contribution >= 4 is 23.3 Å². The molecule has 9 nitrogen and oxygen atoms in total. The van der Waals surface area contributed by atoms with Crippen LogP contribution in [0.2, 0.25) is 0 Å². The number of nitrogens with zero attached hydrogens (tertiary/aromatic N) is 3. The molecular formula is C18H23N5O4. The van der Waals surface area contributed by atoms with E-state index in [9.17, 15) is 14.9 Å². The molecule has 1 aromatic carbocycles. The third-order valence-electron chi connectivity index (χ3n) is 4.40. The number of aromatic nitrogens is 2. The molecule has 3 rings (SSSR count). The number of nitrogens with one attached hydrogen (secondary N) is 2. The Morgan fingerprint density at radius 1 is 1.41 bits per heavy atom. The molecule has 0 spiro atoms. The average Bonchev–Trinajstić information content (AvgIpc) is 3.05. The minimum Gasteiger partial charge on any atom is -0.444 e. The van der Waals surface area contributed by atoms with E-state index in [-0.39, 0.29) is 5.69 Å². The molecule has 0 saturated heterocycles. The molecule has 0 bridgehead atoms. The van der Waals surface area contributed by atoms with Crippen molar-refractivity contribution in [1.29, 1.82) is 0 Å². The lowest BCUT2D eigenvalue weighted by Gasteiger charge is -2.33. The molecule has 1 aromatic heterocycles. The normalized spacial score (nSPS) is 15.4. The number of carbonyl (C=O) groups excluding carboxylic acids is 1. The summed E-state index contributed by atoms with van der Waals surface area (Å²) in [6.07, 6.45) is -0.404. The lowest BCUT2D eigenvalue weighted by atomic mass is 10.0. The van der Waals surface area contributed by atoms with Crippen molar-refractivity contribution in [3.63, 3.8) is 0 Å². The molecule has 2 N–H and O–H groups in total. The molecule has 0 fully saturated rings. The van der Waals surface area contributed by atoms with Gasteiger partial charge >= 0.3 is 6.09 Å². The van der Waals surface area contributed by atoms with Crippen LogP contribution in [0.15, 0.2) is 24.3 Å². The van der Waals surface area contributed by atoms with Gasteiger partial charge in [-0.15, -0.1) is 0 Å². The second kappa shape index (κ2) is 6.26. The van der Waals surface area contributed by atoms with Crippen LogP contribution in [0.5, 0.6) is 0 Å². The highest BCUT2D eigenvalue weighted by atomic mass is 16.6. The van der Waals surface area contributed by atoms with Crippen molar-refractivity contribution in [1.82, 2.24) is 15.1 Å². The molecule has 0 unspecified atom stereocenters. The van der Waals surface area contributed by atoms with Crippen LogP contribution in [0.25, 0.3) is 0 Å². The predicted molar refractivity (Wildman–Crippen MR) is 99.8 cm³/mol. The first-order valence-electron chi connectivity index (χ1n) is 8.59. The Bertz CT molecular complexity index is 897. The second-order valence-corrected chi connectivity index (χ2v) is 7.98. The Kier molecular flexibility index (Phi) is 4.33. The van der Waals surface area contributed by atoms with Gasteiger partial charge in [-0.25, -0.2) is 4.79 Å². The van der Waals surface area contributed by atoms with E-state index >= 15 is 0 Å². The van der Waals surface area contributed by atoms with E-state index in [1.807, 2.05) is 34.6 Å². The van der Waals surface area contributed by atoms with Crippen LogP contribution < -0.4 is 5.32 Å². The van der Waals surface area contributed by atoms with Crippen molar-refractivity contribution in [2.75, 3.05) is 5.32 Å². The summed E-state index contributed by atoms with van der Waals surface area (Å²) < 4.78 is 5.52. The summed E-state index contributed by atoms with van der Waals surface area (Å²) >= 11 is 0. The lowest BCUT2D eigenvalue weighted by molar-refractivity contribution is -0.384. The number of H-pyrrole nitrogens is 1. The highest BCUT2D eigenvalue weighted by Gasteiger charge is 2.45. The number of nitro groups is 1. The van der Waals surface area contributed by atoms with E-state index in [0.29, 0.717) is 18.1 Å². The highest BCUT2D eigenvalue weighted by Crippen LogP contribution is 2.41. The molecule has 0 radical (unpaired) electrons. The average molecular weight is 373 g/mol. The molecule has 27 heavy (non-hydrogen) atoms. The van der Waals surface area contributed by atoms with Crippen LogP contribution in [0.4, 0.5) is 22.0 Å². The maximum absolute atomic E-state index is 12.6. The Hall–Kier alpha value is -3.10. The first kappa shape index (κ1) is 18.7. The highest BCUT2D eigenvalue weighted by molar-refractivity contribution is 5.73. The van der Waals surface area contributed by atoms with Gasteiger partial charge < -0.3 is 10.1 Å². The molecule has 144 valence electrons. The topological polar surface area (TPSA) is 113 Å². The summed E-state index contributed by atoms with van der Waals surface area (Å²) in [6.45, 7) is 9.62. The lowest BCUT2D eigenvalue weighted by Crippen LogP contribution is -2.43.